The Morgan fingerprint density at radius 3 is 2.62 bits per heavy atom. The van der Waals surface area contributed by atoms with E-state index in [1.807, 2.05) is 0 Å². The number of anilines is 1. The van der Waals surface area contributed by atoms with Gasteiger partial charge in [-0.3, -0.25) is 4.79 Å². The first-order valence-electron chi connectivity index (χ1n) is 9.41. The highest BCUT2D eigenvalue weighted by Gasteiger charge is 2.32. The Bertz CT molecular complexity index is 1120. The summed E-state index contributed by atoms with van der Waals surface area (Å²) in [5, 5.41) is 12.4. The molecule has 1 aromatic carbocycles. The van der Waals surface area contributed by atoms with Crippen LogP contribution in [0, 0.1) is 11.6 Å². The number of rotatable bonds is 3. The molecule has 1 fully saturated rings. The number of benzene rings is 1. The highest BCUT2D eigenvalue weighted by molar-refractivity contribution is 8.93. The third-order valence-electron chi connectivity index (χ3n) is 5.91. The van der Waals surface area contributed by atoms with E-state index in [1.54, 1.807) is 4.90 Å². The van der Waals surface area contributed by atoms with Crippen molar-refractivity contribution in [2.75, 3.05) is 31.1 Å². The van der Waals surface area contributed by atoms with E-state index in [-0.39, 0.29) is 39.6 Å². The van der Waals surface area contributed by atoms with E-state index in [0.717, 1.165) is 44.0 Å². The number of nitrogens with zero attached hydrogens (tertiary/aromatic N) is 2. The summed E-state index contributed by atoms with van der Waals surface area (Å²) >= 11 is 0. The second-order valence-electron chi connectivity index (χ2n) is 7.71. The maximum atomic E-state index is 15.6. The van der Waals surface area contributed by atoms with Gasteiger partial charge in [-0.05, 0) is 30.9 Å². The lowest BCUT2D eigenvalue weighted by Gasteiger charge is -2.31. The number of carbonyl (C=O) groups is 1. The smallest absolute Gasteiger partial charge is 0.341 e. The first-order valence-corrected chi connectivity index (χ1v) is 9.41. The minimum absolute atomic E-state index is 0. The van der Waals surface area contributed by atoms with E-state index < -0.39 is 28.6 Å². The lowest BCUT2D eigenvalue weighted by atomic mass is 10.0. The molecule has 3 aliphatic rings. The molecule has 9 heteroatoms. The fraction of sp³-hybridized carbons (Fsp3) is 0.400. The standard InChI is InChI=1S/C20H19F2N3O3.BrH/c21-15-5-13-17(25(12-1-2-12)9-14(19(13)26)20(27)28)16(22)18(15)24-4-3-10-6-23-7-11(10)8-24;/h5,9,12,23H,1-4,6-8H2,(H,27,28);1H. The minimum atomic E-state index is -1.39. The van der Waals surface area contributed by atoms with Crippen molar-refractivity contribution in [3.05, 3.63) is 50.8 Å². The lowest BCUT2D eigenvalue weighted by molar-refractivity contribution is 0.0695. The monoisotopic (exact) mass is 467 g/mol. The maximum absolute atomic E-state index is 15.6. The van der Waals surface area contributed by atoms with E-state index in [9.17, 15) is 19.1 Å². The highest BCUT2D eigenvalue weighted by atomic mass is 79.9. The minimum Gasteiger partial charge on any atom is -0.477 e. The van der Waals surface area contributed by atoms with E-state index >= 15 is 4.39 Å². The topological polar surface area (TPSA) is 74.6 Å². The number of carboxylic acids is 1. The number of nitrogens with one attached hydrogen (secondary N) is 1. The molecule has 2 aromatic rings. The molecule has 1 aromatic heterocycles. The third-order valence-corrected chi connectivity index (χ3v) is 5.91. The summed E-state index contributed by atoms with van der Waals surface area (Å²) in [5.74, 6) is -3.01. The number of hydrogen-bond donors (Lipinski definition) is 2. The van der Waals surface area contributed by atoms with Crippen LogP contribution in [0.1, 0.15) is 35.7 Å². The lowest BCUT2D eigenvalue weighted by Crippen LogP contribution is -2.33. The summed E-state index contributed by atoms with van der Waals surface area (Å²) < 4.78 is 32.1. The van der Waals surface area contributed by atoms with Gasteiger partial charge >= 0.3 is 5.97 Å². The second-order valence-corrected chi connectivity index (χ2v) is 7.71. The van der Waals surface area contributed by atoms with E-state index in [1.165, 1.54) is 16.3 Å². The first-order chi connectivity index (χ1) is 13.5. The van der Waals surface area contributed by atoms with Crippen molar-refractivity contribution >= 4 is 39.5 Å². The van der Waals surface area contributed by atoms with Crippen molar-refractivity contribution in [1.29, 1.82) is 0 Å². The predicted octanol–water partition coefficient (Wildman–Crippen LogP) is 3.00. The second kappa shape index (κ2) is 7.21. The maximum Gasteiger partial charge on any atom is 0.341 e. The van der Waals surface area contributed by atoms with E-state index in [0.29, 0.717) is 13.1 Å². The quantitative estimate of drug-likeness (QED) is 0.678. The van der Waals surface area contributed by atoms with Gasteiger partial charge in [0.1, 0.15) is 17.1 Å². The summed E-state index contributed by atoms with van der Waals surface area (Å²) in [7, 11) is 0. The predicted molar refractivity (Wildman–Crippen MR) is 110 cm³/mol. The zero-order chi connectivity index (χ0) is 19.6. The summed E-state index contributed by atoms with van der Waals surface area (Å²) in [6, 6.07) is 0.932. The molecule has 6 nitrogen and oxygen atoms in total. The molecule has 1 saturated carbocycles. The number of aromatic carboxylic acids is 1. The van der Waals surface area contributed by atoms with Crippen molar-refractivity contribution in [3.8, 4) is 0 Å². The van der Waals surface area contributed by atoms with Crippen LogP contribution < -0.4 is 15.6 Å². The van der Waals surface area contributed by atoms with Gasteiger partial charge in [-0.1, -0.05) is 5.57 Å². The molecule has 0 saturated heterocycles. The Hall–Kier alpha value is -2.26. The molecule has 1 aliphatic carbocycles. The Morgan fingerprint density at radius 1 is 1.21 bits per heavy atom. The number of hydrogen-bond acceptors (Lipinski definition) is 4. The van der Waals surface area contributed by atoms with Crippen LogP contribution in [0.2, 0.25) is 0 Å². The van der Waals surface area contributed by atoms with Crippen molar-refractivity contribution < 1.29 is 18.7 Å². The number of fused-ring (bicyclic) bond motifs is 1. The molecule has 5 rings (SSSR count). The molecule has 2 N–H and O–H groups in total. The Kier molecular flexibility index (Phi) is 4.98. The number of aromatic nitrogens is 1. The molecule has 0 radical (unpaired) electrons. The normalized spacial score (nSPS) is 18.8. The molecule has 29 heavy (non-hydrogen) atoms. The number of halogens is 3. The van der Waals surface area contributed by atoms with Gasteiger partial charge in [0.2, 0.25) is 5.43 Å². The fourth-order valence-electron chi connectivity index (χ4n) is 4.33. The van der Waals surface area contributed by atoms with Crippen LogP contribution in [0.4, 0.5) is 14.5 Å². The summed E-state index contributed by atoms with van der Waals surface area (Å²) in [6.45, 7) is 2.49. The molecule has 154 valence electrons. The Morgan fingerprint density at radius 2 is 1.93 bits per heavy atom. The summed E-state index contributed by atoms with van der Waals surface area (Å²) in [6.07, 6.45) is 3.49. The zero-order valence-electron chi connectivity index (χ0n) is 15.5. The molecular weight excluding hydrogens is 448 g/mol. The van der Waals surface area contributed by atoms with Crippen molar-refractivity contribution in [1.82, 2.24) is 9.88 Å². The average molecular weight is 468 g/mol. The van der Waals surface area contributed by atoms with Crippen LogP contribution >= 0.6 is 17.0 Å². The summed E-state index contributed by atoms with van der Waals surface area (Å²) in [4.78, 5) is 25.7. The van der Waals surface area contributed by atoms with Crippen LogP contribution in [0.25, 0.3) is 10.9 Å². The fourth-order valence-corrected chi connectivity index (χ4v) is 4.33. The molecule has 3 heterocycles. The Balaban J connectivity index is 0.00000205. The van der Waals surface area contributed by atoms with Crippen molar-refractivity contribution in [2.45, 2.75) is 25.3 Å². The van der Waals surface area contributed by atoms with E-state index in [4.69, 9.17) is 0 Å². The molecule has 0 amide bonds. The number of carboxylic acid groups (broad SMARTS) is 1. The first kappa shape index (κ1) is 20.0. The SMILES string of the molecule is Br.O=C(O)c1cn(C2CC2)c2c(F)c(N3CCC4=C(CNC4)C3)c(F)cc2c1=O. The van der Waals surface area contributed by atoms with Gasteiger partial charge in [0.05, 0.1) is 10.9 Å². The molecule has 2 aliphatic heterocycles. The van der Waals surface area contributed by atoms with Gasteiger partial charge in [-0.2, -0.15) is 0 Å². The average Bonchev–Trinajstić information content (AvgIpc) is 3.39. The largest absolute Gasteiger partial charge is 0.477 e. The number of pyridine rings is 1. The van der Waals surface area contributed by atoms with Gasteiger partial charge < -0.3 is 19.9 Å². The van der Waals surface area contributed by atoms with Gasteiger partial charge in [0, 0.05) is 38.4 Å². The van der Waals surface area contributed by atoms with Gasteiger partial charge in [0.25, 0.3) is 0 Å². The van der Waals surface area contributed by atoms with Crippen LogP contribution in [0.15, 0.2) is 28.2 Å². The van der Waals surface area contributed by atoms with Crippen molar-refractivity contribution in [2.24, 2.45) is 0 Å². The van der Waals surface area contributed by atoms with Gasteiger partial charge in [0.15, 0.2) is 5.82 Å². The zero-order valence-corrected chi connectivity index (χ0v) is 17.2. The van der Waals surface area contributed by atoms with Crippen LogP contribution in [-0.2, 0) is 0 Å². The van der Waals surface area contributed by atoms with E-state index in [2.05, 4.69) is 5.32 Å². The van der Waals surface area contributed by atoms with Gasteiger partial charge in [-0.15, -0.1) is 17.0 Å². The summed E-state index contributed by atoms with van der Waals surface area (Å²) in [5.41, 5.74) is 1.01. The molecule has 0 unspecified atom stereocenters. The molecule has 0 spiro atoms. The Labute approximate surface area is 175 Å². The third kappa shape index (κ3) is 3.16. The van der Waals surface area contributed by atoms with Crippen LogP contribution in [-0.4, -0.2) is 41.8 Å². The molecular formula is C20H20BrF2N3O3. The van der Waals surface area contributed by atoms with Gasteiger partial charge in [-0.25, -0.2) is 13.6 Å². The van der Waals surface area contributed by atoms with Crippen LogP contribution in [0.5, 0.6) is 0 Å². The van der Waals surface area contributed by atoms with Crippen molar-refractivity contribution in [3.63, 3.8) is 0 Å². The molecule has 0 atom stereocenters. The van der Waals surface area contributed by atoms with Crippen LogP contribution in [0.3, 0.4) is 0 Å². The highest BCUT2D eigenvalue weighted by Crippen LogP contribution is 2.40. The molecule has 0 bridgehead atoms.